The molecule has 0 saturated heterocycles. The zero-order valence-corrected chi connectivity index (χ0v) is 15.2. The summed E-state index contributed by atoms with van der Waals surface area (Å²) in [7, 11) is -3.09. The quantitative estimate of drug-likeness (QED) is 0.508. The van der Waals surface area contributed by atoms with Gasteiger partial charge in [0.25, 0.3) is 0 Å². The maximum absolute atomic E-state index is 13.8. The van der Waals surface area contributed by atoms with Crippen molar-refractivity contribution in [1.29, 1.82) is 0 Å². The van der Waals surface area contributed by atoms with E-state index >= 15 is 0 Å². The second kappa shape index (κ2) is 6.78. The molecule has 1 heterocycles. The highest BCUT2D eigenvalue weighted by Gasteiger charge is 2.15. The van der Waals surface area contributed by atoms with Gasteiger partial charge in [0.05, 0.1) is 20.4 Å². The number of hydrogen-bond donors (Lipinski definition) is 0. The molecule has 21 heavy (non-hydrogen) atoms. The summed E-state index contributed by atoms with van der Waals surface area (Å²) in [5, 5.41) is 0. The van der Waals surface area contributed by atoms with Crippen molar-refractivity contribution in [3.8, 4) is 0 Å². The van der Waals surface area contributed by atoms with Crippen LogP contribution in [0.15, 0.2) is 12.1 Å². The second-order valence-electron chi connectivity index (χ2n) is 4.61. The Kier molecular flexibility index (Phi) is 5.48. The highest BCUT2D eigenvalue weighted by molar-refractivity contribution is 14.1. The number of aryl methyl sites for hydroxylation is 2. The van der Waals surface area contributed by atoms with Crippen molar-refractivity contribution in [2.45, 2.75) is 19.9 Å². The molecule has 1 aromatic carbocycles. The molecule has 0 radical (unpaired) electrons. The highest BCUT2D eigenvalue weighted by atomic mass is 127. The topological polar surface area (TPSA) is 52.0 Å². The molecule has 0 fully saturated rings. The fourth-order valence-electron chi connectivity index (χ4n) is 2.07. The Balaban J connectivity index is 2.48. The molecule has 0 unspecified atom stereocenters. The van der Waals surface area contributed by atoms with E-state index in [-0.39, 0.29) is 23.9 Å². The van der Waals surface area contributed by atoms with E-state index in [1.165, 1.54) is 6.07 Å². The maximum atomic E-state index is 13.8. The summed E-state index contributed by atoms with van der Waals surface area (Å²) < 4.78 is 39.4. The predicted molar refractivity (Wildman–Crippen MR) is 91.2 cm³/mol. The fraction of sp³-hybridized carbons (Fsp3) is 0.462. The van der Waals surface area contributed by atoms with Gasteiger partial charge in [0.2, 0.25) is 0 Å². The fourth-order valence-corrected chi connectivity index (χ4v) is 3.44. The predicted octanol–water partition coefficient (Wildman–Crippen LogP) is 3.00. The van der Waals surface area contributed by atoms with Crippen LogP contribution in [-0.4, -0.2) is 35.4 Å². The molecular formula is C13H15ClFIN2O2S. The van der Waals surface area contributed by atoms with E-state index in [4.69, 9.17) is 11.6 Å². The number of alkyl halides is 1. The minimum Gasteiger partial charge on any atom is -0.327 e. The Morgan fingerprint density at radius 2 is 2.14 bits per heavy atom. The van der Waals surface area contributed by atoms with Crippen LogP contribution in [0.3, 0.4) is 0 Å². The van der Waals surface area contributed by atoms with Crippen LogP contribution in [-0.2, 0) is 22.8 Å². The van der Waals surface area contributed by atoms with Crippen molar-refractivity contribution in [1.82, 2.24) is 9.55 Å². The standard InChI is InChI=1S/C13H15ClFIN2O2S/c1-2-21(19,20)6-5-18-12-7-9(15)10(16)8-11(12)17-13(18)3-4-14/h7-8H,2-6H2,1H3. The maximum Gasteiger partial charge on any atom is 0.151 e. The minimum atomic E-state index is -3.09. The lowest BCUT2D eigenvalue weighted by molar-refractivity contribution is 0.589. The molecule has 0 bridgehead atoms. The normalized spacial score (nSPS) is 12.2. The Hall–Kier alpha value is -0.410. The van der Waals surface area contributed by atoms with E-state index in [0.717, 1.165) is 0 Å². The Morgan fingerprint density at radius 1 is 1.43 bits per heavy atom. The summed E-state index contributed by atoms with van der Waals surface area (Å²) in [5.74, 6) is 0.839. The molecule has 0 N–H and O–H groups in total. The van der Waals surface area contributed by atoms with Crippen molar-refractivity contribution in [3.63, 3.8) is 0 Å². The lowest BCUT2D eigenvalue weighted by Crippen LogP contribution is -2.16. The van der Waals surface area contributed by atoms with Crippen LogP contribution in [0.2, 0.25) is 0 Å². The van der Waals surface area contributed by atoms with Gasteiger partial charge in [0.15, 0.2) is 9.84 Å². The molecule has 0 aliphatic heterocycles. The van der Waals surface area contributed by atoms with Gasteiger partial charge < -0.3 is 4.57 Å². The third-order valence-electron chi connectivity index (χ3n) is 3.25. The Morgan fingerprint density at radius 3 is 2.76 bits per heavy atom. The van der Waals surface area contributed by atoms with Crippen molar-refractivity contribution in [2.24, 2.45) is 0 Å². The van der Waals surface area contributed by atoms with Crippen molar-refractivity contribution >= 4 is 55.1 Å². The highest BCUT2D eigenvalue weighted by Crippen LogP contribution is 2.22. The third-order valence-corrected chi connectivity index (χ3v) is 5.95. The summed E-state index contributed by atoms with van der Waals surface area (Å²) in [6, 6.07) is 3.06. The molecule has 0 aliphatic rings. The number of halogens is 3. The van der Waals surface area contributed by atoms with E-state index < -0.39 is 9.84 Å². The number of imidazole rings is 1. The average Bonchev–Trinajstić information content (AvgIpc) is 2.75. The third kappa shape index (κ3) is 3.87. The first-order chi connectivity index (χ1) is 9.88. The summed E-state index contributed by atoms with van der Waals surface area (Å²) in [4.78, 5) is 4.44. The number of sulfone groups is 1. The lowest BCUT2D eigenvalue weighted by Gasteiger charge is -2.08. The van der Waals surface area contributed by atoms with E-state index in [9.17, 15) is 12.8 Å². The van der Waals surface area contributed by atoms with E-state index in [1.807, 2.05) is 22.6 Å². The molecular weight excluding hydrogens is 430 g/mol. The number of aromatic nitrogens is 2. The molecule has 8 heteroatoms. The smallest absolute Gasteiger partial charge is 0.151 e. The van der Waals surface area contributed by atoms with Crippen LogP contribution in [0, 0.1) is 9.39 Å². The monoisotopic (exact) mass is 444 g/mol. The molecule has 2 rings (SSSR count). The molecule has 4 nitrogen and oxygen atoms in total. The SMILES string of the molecule is CCS(=O)(=O)CCn1c(CCCl)nc2cc(I)c(F)cc21. The zero-order chi connectivity index (χ0) is 15.6. The van der Waals surface area contributed by atoms with Gasteiger partial charge in [-0.15, -0.1) is 11.6 Å². The van der Waals surface area contributed by atoms with Crippen molar-refractivity contribution in [3.05, 3.63) is 27.3 Å². The Bertz CT molecular complexity index is 761. The van der Waals surface area contributed by atoms with Gasteiger partial charge in [-0.25, -0.2) is 17.8 Å². The average molecular weight is 445 g/mol. The van der Waals surface area contributed by atoms with E-state index in [2.05, 4.69) is 4.98 Å². The van der Waals surface area contributed by atoms with Crippen molar-refractivity contribution < 1.29 is 12.8 Å². The number of benzene rings is 1. The van der Waals surface area contributed by atoms with Gasteiger partial charge >= 0.3 is 0 Å². The van der Waals surface area contributed by atoms with Gasteiger partial charge in [0, 0.05) is 30.7 Å². The first kappa shape index (κ1) is 17.0. The van der Waals surface area contributed by atoms with Gasteiger partial charge in [0.1, 0.15) is 11.6 Å². The van der Waals surface area contributed by atoms with Gasteiger partial charge in [-0.05, 0) is 28.7 Å². The number of hydrogen-bond acceptors (Lipinski definition) is 3. The van der Waals surface area contributed by atoms with E-state index in [1.54, 1.807) is 17.6 Å². The van der Waals surface area contributed by atoms with Crippen LogP contribution < -0.4 is 0 Å². The van der Waals surface area contributed by atoms with Gasteiger partial charge in [-0.1, -0.05) is 6.92 Å². The second-order valence-corrected chi connectivity index (χ2v) is 8.62. The molecule has 116 valence electrons. The zero-order valence-electron chi connectivity index (χ0n) is 11.4. The number of nitrogens with zero attached hydrogens (tertiary/aromatic N) is 2. The van der Waals surface area contributed by atoms with E-state index in [0.29, 0.717) is 32.7 Å². The molecule has 0 spiro atoms. The largest absolute Gasteiger partial charge is 0.327 e. The molecule has 0 amide bonds. The van der Waals surface area contributed by atoms with Crippen molar-refractivity contribution in [2.75, 3.05) is 17.4 Å². The molecule has 1 aromatic heterocycles. The molecule has 0 aliphatic carbocycles. The van der Waals surface area contributed by atoms with Crippen LogP contribution in [0.25, 0.3) is 11.0 Å². The Labute approximate surface area is 141 Å². The van der Waals surface area contributed by atoms with Crippen LogP contribution in [0.4, 0.5) is 4.39 Å². The van der Waals surface area contributed by atoms with Gasteiger partial charge in [-0.2, -0.15) is 0 Å². The number of rotatable bonds is 6. The first-order valence-corrected chi connectivity index (χ1v) is 9.92. The minimum absolute atomic E-state index is 0.0118. The molecule has 0 atom stereocenters. The van der Waals surface area contributed by atoms with Gasteiger partial charge in [-0.3, -0.25) is 0 Å². The van der Waals surface area contributed by atoms with Crippen LogP contribution in [0.5, 0.6) is 0 Å². The number of fused-ring (bicyclic) bond motifs is 1. The van der Waals surface area contributed by atoms with Crippen LogP contribution >= 0.6 is 34.2 Å². The lowest BCUT2D eigenvalue weighted by atomic mass is 10.3. The first-order valence-electron chi connectivity index (χ1n) is 6.48. The summed E-state index contributed by atoms with van der Waals surface area (Å²) in [5.41, 5.74) is 1.27. The summed E-state index contributed by atoms with van der Waals surface area (Å²) in [6.45, 7) is 1.88. The molecule has 0 saturated carbocycles. The summed E-state index contributed by atoms with van der Waals surface area (Å²) >= 11 is 7.68. The van der Waals surface area contributed by atoms with Crippen LogP contribution in [0.1, 0.15) is 12.7 Å². The summed E-state index contributed by atoms with van der Waals surface area (Å²) in [6.07, 6.45) is 0.514. The molecule has 2 aromatic rings.